The molecule has 0 aromatic heterocycles. The van der Waals surface area contributed by atoms with Crippen molar-refractivity contribution in [3.05, 3.63) is 36.5 Å². The Kier molecular flexibility index (Phi) is 66.8. The fraction of sp³-hybridized carbons (Fsp3) is 0.100. The molecule has 0 atom stereocenters. The third kappa shape index (κ3) is 30.7. The minimum absolute atomic E-state index is 0. The molecule has 0 aliphatic heterocycles. The molecule has 1 aliphatic rings. The van der Waals surface area contributed by atoms with Crippen LogP contribution in [0.1, 0.15) is 6.42 Å². The van der Waals surface area contributed by atoms with Gasteiger partial charge in [-0.15, -0.1) is 0 Å². The van der Waals surface area contributed by atoms with Crippen LogP contribution < -0.4 is 0 Å². The molecule has 0 amide bonds. The summed E-state index contributed by atoms with van der Waals surface area (Å²) in [6.07, 6.45) is 13.5. The summed E-state index contributed by atoms with van der Waals surface area (Å²) in [7, 11) is 0. The molecule has 0 saturated heterocycles. The van der Waals surface area contributed by atoms with Gasteiger partial charge in [0.05, 0.1) is 0 Å². The Morgan fingerprint density at radius 1 is 0.643 bits per heavy atom. The zero-order valence-electron chi connectivity index (χ0n) is 7.93. The molecule has 0 saturated carbocycles. The minimum Gasteiger partial charge on any atom is -0.307 e. The average Bonchev–Trinajstić information content (AvgIpc) is 2.58. The normalized spacial score (nSPS) is 9.43. The summed E-state index contributed by atoms with van der Waals surface area (Å²) in [5, 5.41) is 0. The molecule has 1 aliphatic carbocycles. The molecule has 0 aromatic carbocycles. The Bertz CT molecular complexity index is 146. The fourth-order valence-corrected chi connectivity index (χ4v) is 0.521. The Balaban J connectivity index is -0.0000000625. The standard InChI is InChI=1S/C7H8.3CH2O.W/c1-2-4-6-7-5-3-1;3*1-2;/h1-6H,7H2;3*1H2;. The van der Waals surface area contributed by atoms with E-state index in [4.69, 9.17) is 14.4 Å². The van der Waals surface area contributed by atoms with Crippen LogP contribution in [0.15, 0.2) is 36.5 Å². The molecule has 0 radical (unpaired) electrons. The largest absolute Gasteiger partial charge is 0.307 e. The van der Waals surface area contributed by atoms with E-state index in [2.05, 4.69) is 24.3 Å². The Hall–Kier alpha value is -1.08. The van der Waals surface area contributed by atoms with E-state index in [0.717, 1.165) is 6.42 Å². The van der Waals surface area contributed by atoms with Gasteiger partial charge in [0.2, 0.25) is 0 Å². The first-order chi connectivity index (χ1) is 6.50. The van der Waals surface area contributed by atoms with Crippen molar-refractivity contribution >= 4 is 20.4 Å². The summed E-state index contributed by atoms with van der Waals surface area (Å²) in [6, 6.07) is 0. The van der Waals surface area contributed by atoms with Crippen molar-refractivity contribution in [2.45, 2.75) is 6.42 Å². The Labute approximate surface area is 98.8 Å². The van der Waals surface area contributed by atoms with Crippen molar-refractivity contribution in [3.63, 3.8) is 0 Å². The molecular weight excluding hydrogens is 352 g/mol. The minimum atomic E-state index is 0. The number of carbonyl (C=O) groups is 3. The third-order valence-corrected chi connectivity index (χ3v) is 0.878. The summed E-state index contributed by atoms with van der Waals surface area (Å²) in [4.78, 5) is 24.0. The molecule has 4 heteroatoms. The monoisotopic (exact) mass is 366 g/mol. The van der Waals surface area contributed by atoms with E-state index in [9.17, 15) is 0 Å². The number of hydrogen-bond donors (Lipinski definition) is 0. The van der Waals surface area contributed by atoms with Gasteiger partial charge in [-0.05, 0) is 6.42 Å². The second-order valence-corrected chi connectivity index (χ2v) is 1.48. The van der Waals surface area contributed by atoms with Crippen LogP contribution in [0.5, 0.6) is 0 Å². The molecular formula is C10H14O3W. The summed E-state index contributed by atoms with van der Waals surface area (Å²) in [5.41, 5.74) is 0. The van der Waals surface area contributed by atoms with E-state index in [1.807, 2.05) is 32.5 Å². The van der Waals surface area contributed by atoms with Crippen LogP contribution in [0.4, 0.5) is 0 Å². The Morgan fingerprint density at radius 2 is 0.929 bits per heavy atom. The maximum Gasteiger partial charge on any atom is 0.106 e. The molecule has 0 heterocycles. The second-order valence-electron chi connectivity index (χ2n) is 1.48. The van der Waals surface area contributed by atoms with E-state index >= 15 is 0 Å². The SMILES string of the molecule is C1=CC=CCC=C1.C=O.C=O.C=O.[W]. The maximum absolute atomic E-state index is 8.00. The van der Waals surface area contributed by atoms with E-state index in [-0.39, 0.29) is 21.1 Å². The van der Waals surface area contributed by atoms with Crippen LogP contribution in [0, 0.1) is 0 Å². The molecule has 0 N–H and O–H groups in total. The van der Waals surface area contributed by atoms with Crippen molar-refractivity contribution in [3.8, 4) is 0 Å². The zero-order chi connectivity index (χ0) is 10.9. The first-order valence-electron chi connectivity index (χ1n) is 3.35. The van der Waals surface area contributed by atoms with Crippen LogP contribution >= 0.6 is 0 Å². The number of hydrogen-bond acceptors (Lipinski definition) is 3. The predicted molar refractivity (Wildman–Crippen MR) is 53.4 cm³/mol. The van der Waals surface area contributed by atoms with Gasteiger partial charge < -0.3 is 14.4 Å². The van der Waals surface area contributed by atoms with E-state index in [1.54, 1.807) is 0 Å². The van der Waals surface area contributed by atoms with Crippen LogP contribution in [-0.2, 0) is 35.4 Å². The van der Waals surface area contributed by atoms with E-state index < -0.39 is 0 Å². The van der Waals surface area contributed by atoms with Crippen molar-refractivity contribution in [1.82, 2.24) is 0 Å². The van der Waals surface area contributed by atoms with Gasteiger partial charge in [-0.3, -0.25) is 0 Å². The topological polar surface area (TPSA) is 51.2 Å². The van der Waals surface area contributed by atoms with Crippen LogP contribution in [0.25, 0.3) is 0 Å². The van der Waals surface area contributed by atoms with Gasteiger partial charge in [0.25, 0.3) is 0 Å². The molecule has 1 rings (SSSR count). The summed E-state index contributed by atoms with van der Waals surface area (Å²) >= 11 is 0. The van der Waals surface area contributed by atoms with Crippen molar-refractivity contribution in [1.29, 1.82) is 0 Å². The molecule has 0 spiro atoms. The molecule has 14 heavy (non-hydrogen) atoms. The predicted octanol–water partition coefficient (Wildman–Crippen LogP) is 1.50. The van der Waals surface area contributed by atoms with Gasteiger partial charge in [-0.25, -0.2) is 0 Å². The van der Waals surface area contributed by atoms with Crippen molar-refractivity contribution in [2.24, 2.45) is 0 Å². The van der Waals surface area contributed by atoms with Crippen LogP contribution in [0.3, 0.4) is 0 Å². The maximum atomic E-state index is 8.00. The summed E-state index contributed by atoms with van der Waals surface area (Å²) in [6.45, 7) is 6.00. The van der Waals surface area contributed by atoms with E-state index in [0.29, 0.717) is 0 Å². The van der Waals surface area contributed by atoms with Gasteiger partial charge in [0.15, 0.2) is 0 Å². The van der Waals surface area contributed by atoms with Crippen LogP contribution in [-0.4, -0.2) is 20.4 Å². The molecule has 0 fully saturated rings. The van der Waals surface area contributed by atoms with Gasteiger partial charge in [0, 0.05) is 21.1 Å². The van der Waals surface area contributed by atoms with Gasteiger partial charge in [0.1, 0.15) is 20.4 Å². The molecule has 0 aromatic rings. The average molecular weight is 366 g/mol. The number of carbonyl (C=O) groups excluding carboxylic acids is 3. The summed E-state index contributed by atoms with van der Waals surface area (Å²) < 4.78 is 0. The smallest absolute Gasteiger partial charge is 0.106 e. The van der Waals surface area contributed by atoms with Gasteiger partial charge in [-0.1, -0.05) is 36.5 Å². The first kappa shape index (κ1) is 23.1. The third-order valence-electron chi connectivity index (χ3n) is 0.878. The van der Waals surface area contributed by atoms with Crippen molar-refractivity contribution in [2.75, 3.05) is 0 Å². The summed E-state index contributed by atoms with van der Waals surface area (Å²) in [5.74, 6) is 0. The van der Waals surface area contributed by atoms with E-state index in [1.165, 1.54) is 0 Å². The molecule has 0 unspecified atom stereocenters. The number of allylic oxidation sites excluding steroid dienone is 6. The Morgan fingerprint density at radius 3 is 1.21 bits per heavy atom. The van der Waals surface area contributed by atoms with Gasteiger partial charge in [-0.2, -0.15) is 0 Å². The van der Waals surface area contributed by atoms with Crippen LogP contribution in [0.2, 0.25) is 0 Å². The van der Waals surface area contributed by atoms with Crippen molar-refractivity contribution < 1.29 is 35.4 Å². The fourth-order valence-electron chi connectivity index (χ4n) is 0.521. The van der Waals surface area contributed by atoms with Gasteiger partial charge >= 0.3 is 0 Å². The quantitative estimate of drug-likeness (QED) is 0.653. The molecule has 0 bridgehead atoms. The first-order valence-corrected chi connectivity index (χ1v) is 3.35. The number of rotatable bonds is 0. The zero-order valence-corrected chi connectivity index (χ0v) is 10.9. The second kappa shape index (κ2) is 40.6. The molecule has 78 valence electrons. The molecule has 3 nitrogen and oxygen atoms in total.